The zero-order valence-corrected chi connectivity index (χ0v) is 14.3. The van der Waals surface area contributed by atoms with Gasteiger partial charge in [0.05, 0.1) is 5.69 Å². The van der Waals surface area contributed by atoms with Crippen molar-refractivity contribution in [2.45, 2.75) is 20.3 Å². The van der Waals surface area contributed by atoms with Gasteiger partial charge in [-0.05, 0) is 37.5 Å². The second-order valence-electron chi connectivity index (χ2n) is 5.39. The first-order valence-corrected chi connectivity index (χ1v) is 8.73. The van der Waals surface area contributed by atoms with Crippen LogP contribution in [0.5, 0.6) is 0 Å². The Balaban J connectivity index is 2.09. The first-order chi connectivity index (χ1) is 10.7. The summed E-state index contributed by atoms with van der Waals surface area (Å²) < 4.78 is 0. The van der Waals surface area contributed by atoms with Gasteiger partial charge in [0.25, 0.3) is 0 Å². The molecule has 0 aliphatic heterocycles. The fourth-order valence-corrected chi connectivity index (χ4v) is 3.82. The highest BCUT2D eigenvalue weighted by molar-refractivity contribution is 7.15. The molecule has 0 fully saturated rings. The van der Waals surface area contributed by atoms with Crippen LogP contribution < -0.4 is 0 Å². The maximum Gasteiger partial charge on any atom is 0.124 e. The van der Waals surface area contributed by atoms with Gasteiger partial charge in [-0.25, -0.2) is 4.98 Å². The van der Waals surface area contributed by atoms with Crippen LogP contribution in [0.3, 0.4) is 0 Å². The highest BCUT2D eigenvalue weighted by Crippen LogP contribution is 2.34. The van der Waals surface area contributed by atoms with Gasteiger partial charge in [0.2, 0.25) is 0 Å². The zero-order chi connectivity index (χ0) is 15.5. The number of hydrogen-bond donors (Lipinski definition) is 0. The number of hydrogen-bond acceptors (Lipinski definition) is 2. The largest absolute Gasteiger partial charge is 0.236 e. The SMILES string of the molecule is Cc1ccc(-c2nc(-c3ccccc3)sc2CCCl)cc1C. The van der Waals surface area contributed by atoms with Crippen LogP contribution in [0.25, 0.3) is 21.8 Å². The average molecular weight is 328 g/mol. The molecule has 3 heteroatoms. The van der Waals surface area contributed by atoms with Gasteiger partial charge in [0.15, 0.2) is 0 Å². The lowest BCUT2D eigenvalue weighted by Crippen LogP contribution is -1.89. The summed E-state index contributed by atoms with van der Waals surface area (Å²) in [6, 6.07) is 16.9. The minimum Gasteiger partial charge on any atom is -0.236 e. The lowest BCUT2D eigenvalue weighted by Gasteiger charge is -2.05. The number of aromatic nitrogens is 1. The summed E-state index contributed by atoms with van der Waals surface area (Å²) in [5.74, 6) is 0.619. The molecular weight excluding hydrogens is 310 g/mol. The summed E-state index contributed by atoms with van der Waals surface area (Å²) in [6.45, 7) is 4.28. The molecule has 0 radical (unpaired) electrons. The van der Waals surface area contributed by atoms with Crippen LogP contribution in [-0.4, -0.2) is 10.9 Å². The number of aryl methyl sites for hydroxylation is 3. The van der Waals surface area contributed by atoms with E-state index in [2.05, 4.69) is 44.2 Å². The van der Waals surface area contributed by atoms with Crippen molar-refractivity contribution in [3.05, 3.63) is 64.5 Å². The Morgan fingerprint density at radius 1 is 0.955 bits per heavy atom. The fraction of sp³-hybridized carbons (Fsp3) is 0.211. The van der Waals surface area contributed by atoms with Gasteiger partial charge in [-0.1, -0.05) is 42.5 Å². The predicted molar refractivity (Wildman–Crippen MR) is 96.9 cm³/mol. The van der Waals surface area contributed by atoms with Crippen LogP contribution in [0.15, 0.2) is 48.5 Å². The van der Waals surface area contributed by atoms with Crippen molar-refractivity contribution in [1.82, 2.24) is 4.98 Å². The third-order valence-corrected chi connectivity index (χ3v) is 5.17. The Morgan fingerprint density at radius 2 is 1.73 bits per heavy atom. The molecule has 0 unspecified atom stereocenters. The van der Waals surface area contributed by atoms with Crippen molar-refractivity contribution in [3.63, 3.8) is 0 Å². The minimum absolute atomic E-state index is 0.619. The van der Waals surface area contributed by atoms with Gasteiger partial charge >= 0.3 is 0 Å². The summed E-state index contributed by atoms with van der Waals surface area (Å²) in [6.07, 6.45) is 0.855. The topological polar surface area (TPSA) is 12.9 Å². The predicted octanol–water partition coefficient (Wildman–Crippen LogP) is 5.88. The number of thiazole rings is 1. The molecule has 0 N–H and O–H groups in total. The first-order valence-electron chi connectivity index (χ1n) is 7.37. The lowest BCUT2D eigenvalue weighted by atomic mass is 10.0. The molecule has 0 saturated carbocycles. The van der Waals surface area contributed by atoms with Gasteiger partial charge in [-0.15, -0.1) is 22.9 Å². The Labute approximate surface area is 140 Å². The van der Waals surface area contributed by atoms with Crippen molar-refractivity contribution in [2.75, 3.05) is 5.88 Å². The van der Waals surface area contributed by atoms with Crippen molar-refractivity contribution in [3.8, 4) is 21.8 Å². The van der Waals surface area contributed by atoms with Crippen molar-refractivity contribution in [1.29, 1.82) is 0 Å². The van der Waals surface area contributed by atoms with Crippen LogP contribution in [0.4, 0.5) is 0 Å². The van der Waals surface area contributed by atoms with Crippen LogP contribution >= 0.6 is 22.9 Å². The van der Waals surface area contributed by atoms with E-state index in [1.54, 1.807) is 11.3 Å². The molecule has 0 bridgehead atoms. The van der Waals surface area contributed by atoms with Crippen molar-refractivity contribution >= 4 is 22.9 Å². The molecule has 0 aliphatic carbocycles. The van der Waals surface area contributed by atoms with Gasteiger partial charge in [-0.2, -0.15) is 0 Å². The van der Waals surface area contributed by atoms with Crippen molar-refractivity contribution in [2.24, 2.45) is 0 Å². The number of rotatable bonds is 4. The van der Waals surface area contributed by atoms with E-state index in [-0.39, 0.29) is 0 Å². The maximum absolute atomic E-state index is 5.99. The third kappa shape index (κ3) is 3.08. The van der Waals surface area contributed by atoms with Gasteiger partial charge in [-0.3, -0.25) is 0 Å². The van der Waals surface area contributed by atoms with E-state index in [1.807, 2.05) is 18.2 Å². The van der Waals surface area contributed by atoms with Crippen molar-refractivity contribution < 1.29 is 0 Å². The summed E-state index contributed by atoms with van der Waals surface area (Å²) in [5, 5.41) is 1.06. The molecule has 112 valence electrons. The van der Waals surface area contributed by atoms with E-state index in [4.69, 9.17) is 16.6 Å². The lowest BCUT2D eigenvalue weighted by molar-refractivity contribution is 1.18. The second-order valence-corrected chi connectivity index (χ2v) is 6.86. The number of nitrogens with zero attached hydrogens (tertiary/aromatic N) is 1. The standard InChI is InChI=1S/C19H18ClNS/c1-13-8-9-16(12-14(13)2)18-17(10-11-20)22-19(21-18)15-6-4-3-5-7-15/h3-9,12H,10-11H2,1-2H3. The van der Waals surface area contributed by atoms with E-state index in [0.29, 0.717) is 5.88 Å². The fourth-order valence-electron chi connectivity index (χ4n) is 2.43. The Bertz CT molecular complexity index is 777. The molecule has 0 saturated heterocycles. The molecule has 2 aromatic carbocycles. The van der Waals surface area contributed by atoms with Gasteiger partial charge in [0, 0.05) is 21.9 Å². The normalized spacial score (nSPS) is 10.9. The van der Waals surface area contributed by atoms with E-state index in [0.717, 1.165) is 17.1 Å². The molecule has 3 rings (SSSR count). The highest BCUT2D eigenvalue weighted by Gasteiger charge is 2.14. The quantitative estimate of drug-likeness (QED) is 0.546. The van der Waals surface area contributed by atoms with Gasteiger partial charge in [0.1, 0.15) is 5.01 Å². The van der Waals surface area contributed by atoms with Crippen LogP contribution in [0.2, 0.25) is 0 Å². The summed E-state index contributed by atoms with van der Waals surface area (Å²) >= 11 is 7.73. The Morgan fingerprint density at radius 3 is 2.41 bits per heavy atom. The third-order valence-electron chi connectivity index (χ3n) is 3.82. The molecular formula is C19H18ClNS. The number of alkyl halides is 1. The zero-order valence-electron chi connectivity index (χ0n) is 12.8. The molecule has 0 spiro atoms. The van der Waals surface area contributed by atoms with E-state index >= 15 is 0 Å². The molecule has 1 aromatic heterocycles. The number of benzene rings is 2. The Kier molecular flexibility index (Phi) is 4.60. The molecule has 0 atom stereocenters. The molecule has 1 heterocycles. The minimum atomic E-state index is 0.619. The van der Waals surface area contributed by atoms with Crippen LogP contribution in [-0.2, 0) is 6.42 Å². The van der Waals surface area contributed by atoms with Crippen LogP contribution in [0.1, 0.15) is 16.0 Å². The highest BCUT2D eigenvalue weighted by atomic mass is 35.5. The molecule has 22 heavy (non-hydrogen) atoms. The Hall–Kier alpha value is -1.64. The smallest absolute Gasteiger partial charge is 0.124 e. The molecule has 0 aliphatic rings. The maximum atomic E-state index is 5.99. The summed E-state index contributed by atoms with van der Waals surface area (Å²) in [7, 11) is 0. The summed E-state index contributed by atoms with van der Waals surface area (Å²) in [4.78, 5) is 6.16. The number of halogens is 1. The van der Waals surface area contributed by atoms with E-state index in [9.17, 15) is 0 Å². The second kappa shape index (κ2) is 6.64. The van der Waals surface area contributed by atoms with Gasteiger partial charge < -0.3 is 0 Å². The van der Waals surface area contributed by atoms with Crippen LogP contribution in [0, 0.1) is 13.8 Å². The molecule has 0 amide bonds. The van der Waals surface area contributed by atoms with E-state index < -0.39 is 0 Å². The molecule has 3 aromatic rings. The summed E-state index contributed by atoms with van der Waals surface area (Å²) in [5.41, 5.74) is 6.03. The first kappa shape index (κ1) is 15.3. The molecule has 1 nitrogen and oxygen atoms in total. The average Bonchev–Trinajstić information content (AvgIpc) is 2.95. The monoisotopic (exact) mass is 327 g/mol. The van der Waals surface area contributed by atoms with E-state index in [1.165, 1.54) is 27.1 Å².